The minimum absolute atomic E-state index is 0. The lowest BCUT2D eigenvalue weighted by Gasteiger charge is -2.12. The number of hydrogen-bond acceptors (Lipinski definition) is 4. The molecule has 0 bridgehead atoms. The van der Waals surface area contributed by atoms with Crippen molar-refractivity contribution < 1.29 is 23.1 Å². The summed E-state index contributed by atoms with van der Waals surface area (Å²) in [5.41, 5.74) is -0.774. The number of nitrogens with zero attached hydrogens (tertiary/aromatic N) is 3. The second-order valence-electron chi connectivity index (χ2n) is 6.76. The molecule has 6 nitrogen and oxygen atoms in total. The molecule has 34 heavy (non-hydrogen) atoms. The largest absolute Gasteiger partial charge is 0.493 e. The number of aromatic nitrogens is 3. The normalized spacial score (nSPS) is 11.0. The first-order valence-corrected chi connectivity index (χ1v) is 9.87. The number of nitrogens with one attached hydrogen (secondary N) is 1. The molecule has 0 saturated heterocycles. The van der Waals surface area contributed by atoms with Gasteiger partial charge in [0, 0.05) is 24.5 Å². The van der Waals surface area contributed by atoms with E-state index in [0.29, 0.717) is 5.69 Å². The zero-order valence-corrected chi connectivity index (χ0v) is 20.0. The SMILES string of the molecule is Cl.Cl.O=C(Nc1ccc(Cc2ccncc2)n2c(O)c(C(F)(F)F)nc12)c1c(Cl)cccc1Cl. The summed E-state index contributed by atoms with van der Waals surface area (Å²) < 4.78 is 41.3. The van der Waals surface area contributed by atoms with Gasteiger partial charge in [0.2, 0.25) is 11.6 Å². The fourth-order valence-electron chi connectivity index (χ4n) is 3.23. The van der Waals surface area contributed by atoms with Gasteiger partial charge in [-0.25, -0.2) is 4.98 Å². The van der Waals surface area contributed by atoms with Crippen molar-refractivity contribution in [2.24, 2.45) is 0 Å². The molecule has 0 unspecified atom stereocenters. The van der Waals surface area contributed by atoms with E-state index in [1.165, 1.54) is 24.3 Å². The van der Waals surface area contributed by atoms with Crippen molar-refractivity contribution in [1.29, 1.82) is 0 Å². The lowest BCUT2D eigenvalue weighted by molar-refractivity contribution is -0.142. The lowest BCUT2D eigenvalue weighted by atomic mass is 10.1. The topological polar surface area (TPSA) is 79.5 Å². The Morgan fingerprint density at radius 2 is 1.65 bits per heavy atom. The van der Waals surface area contributed by atoms with Crippen LogP contribution in [0.15, 0.2) is 54.9 Å². The Balaban J connectivity index is 0.00000204. The lowest BCUT2D eigenvalue weighted by Crippen LogP contribution is -2.14. The van der Waals surface area contributed by atoms with Crippen LogP contribution >= 0.6 is 48.0 Å². The van der Waals surface area contributed by atoms with Crippen LogP contribution in [-0.2, 0) is 12.6 Å². The van der Waals surface area contributed by atoms with E-state index in [0.717, 1.165) is 9.96 Å². The highest BCUT2D eigenvalue weighted by atomic mass is 35.5. The molecule has 0 saturated carbocycles. The molecule has 1 amide bonds. The fourth-order valence-corrected chi connectivity index (χ4v) is 3.80. The summed E-state index contributed by atoms with van der Waals surface area (Å²) in [4.78, 5) is 20.2. The van der Waals surface area contributed by atoms with E-state index in [4.69, 9.17) is 23.2 Å². The van der Waals surface area contributed by atoms with E-state index in [1.54, 1.807) is 30.6 Å². The second kappa shape index (κ2) is 10.7. The number of pyridine rings is 2. The van der Waals surface area contributed by atoms with Gasteiger partial charge in [-0.05, 0) is 42.0 Å². The fraction of sp³-hybridized carbons (Fsp3) is 0.0952. The average molecular weight is 554 g/mol. The first kappa shape index (κ1) is 27.5. The molecule has 4 aromatic rings. The van der Waals surface area contributed by atoms with Crippen molar-refractivity contribution in [2.75, 3.05) is 5.32 Å². The van der Waals surface area contributed by atoms with Crippen LogP contribution in [0.5, 0.6) is 5.88 Å². The number of hydrogen-bond donors (Lipinski definition) is 2. The van der Waals surface area contributed by atoms with Gasteiger partial charge in [-0.15, -0.1) is 24.8 Å². The number of fused-ring (bicyclic) bond motifs is 1. The van der Waals surface area contributed by atoms with Crippen LogP contribution in [0.3, 0.4) is 0 Å². The number of rotatable bonds is 4. The van der Waals surface area contributed by atoms with Gasteiger partial charge < -0.3 is 10.4 Å². The van der Waals surface area contributed by atoms with Crippen LogP contribution in [0.25, 0.3) is 5.65 Å². The number of benzene rings is 1. The predicted molar refractivity (Wildman–Crippen MR) is 128 cm³/mol. The van der Waals surface area contributed by atoms with Gasteiger partial charge in [-0.2, -0.15) is 13.2 Å². The standard InChI is InChI=1S/C21H13Cl2F3N4O2.2ClH/c22-13-2-1-3-14(23)16(13)19(31)28-15-5-4-12(10-11-6-8-27-9-7-11)30-18(15)29-17(20(30)32)21(24,25)26;;/h1-9,32H,10H2,(H,28,31);2*1H. The van der Waals surface area contributed by atoms with E-state index in [-0.39, 0.29) is 58.2 Å². The van der Waals surface area contributed by atoms with Crippen molar-refractivity contribution in [3.05, 3.63) is 87.4 Å². The van der Waals surface area contributed by atoms with Gasteiger partial charge in [0.05, 0.1) is 21.3 Å². The van der Waals surface area contributed by atoms with Crippen LogP contribution in [0.1, 0.15) is 27.3 Å². The Kier molecular flexibility index (Phi) is 8.65. The van der Waals surface area contributed by atoms with Crippen LogP contribution in [0.4, 0.5) is 18.9 Å². The number of carbonyl (C=O) groups excluding carboxylic acids is 1. The number of anilines is 1. The highest BCUT2D eigenvalue weighted by molar-refractivity contribution is 6.40. The summed E-state index contributed by atoms with van der Waals surface area (Å²) in [5.74, 6) is -1.82. The zero-order chi connectivity index (χ0) is 23.0. The summed E-state index contributed by atoms with van der Waals surface area (Å²) in [6.07, 6.45) is -1.63. The van der Waals surface area contributed by atoms with Crippen LogP contribution in [0.2, 0.25) is 10.0 Å². The van der Waals surface area contributed by atoms with Crippen molar-refractivity contribution >= 4 is 65.3 Å². The quantitative estimate of drug-likeness (QED) is 0.304. The molecule has 0 radical (unpaired) electrons. The van der Waals surface area contributed by atoms with E-state index in [1.807, 2.05) is 0 Å². The number of imidazole rings is 1. The molecule has 0 fully saturated rings. The zero-order valence-electron chi connectivity index (χ0n) is 16.8. The van der Waals surface area contributed by atoms with Crippen LogP contribution in [0, 0.1) is 0 Å². The monoisotopic (exact) mass is 552 g/mol. The highest BCUT2D eigenvalue weighted by Crippen LogP contribution is 2.38. The van der Waals surface area contributed by atoms with Gasteiger partial charge >= 0.3 is 6.18 Å². The van der Waals surface area contributed by atoms with Crippen molar-refractivity contribution in [3.8, 4) is 5.88 Å². The summed E-state index contributed by atoms with van der Waals surface area (Å²) in [5, 5.41) is 13.0. The van der Waals surface area contributed by atoms with Gasteiger partial charge in [0.15, 0.2) is 5.65 Å². The second-order valence-corrected chi connectivity index (χ2v) is 7.58. The smallest absolute Gasteiger partial charge is 0.438 e. The van der Waals surface area contributed by atoms with Gasteiger partial charge in [0.1, 0.15) is 0 Å². The molecule has 0 aliphatic carbocycles. The molecule has 0 spiro atoms. The molecule has 0 atom stereocenters. The molecule has 0 aliphatic rings. The maximum atomic E-state index is 13.4. The average Bonchev–Trinajstić information content (AvgIpc) is 3.09. The molecule has 0 aliphatic heterocycles. The molecule has 3 aromatic heterocycles. The minimum Gasteiger partial charge on any atom is -0.493 e. The third-order valence-corrected chi connectivity index (χ3v) is 5.29. The predicted octanol–water partition coefficient (Wildman–Crippen LogP) is 6.45. The maximum absolute atomic E-state index is 13.4. The van der Waals surface area contributed by atoms with E-state index in [9.17, 15) is 23.1 Å². The van der Waals surface area contributed by atoms with Crippen LogP contribution in [-0.4, -0.2) is 25.4 Å². The summed E-state index contributed by atoms with van der Waals surface area (Å²) in [7, 11) is 0. The maximum Gasteiger partial charge on any atom is 0.438 e. The Labute approximate surface area is 213 Å². The third kappa shape index (κ3) is 5.33. The Hall–Kier alpha value is -2.72. The number of amides is 1. The van der Waals surface area contributed by atoms with Crippen molar-refractivity contribution in [2.45, 2.75) is 12.6 Å². The third-order valence-electron chi connectivity index (χ3n) is 4.66. The number of carbonyl (C=O) groups is 1. The first-order valence-electron chi connectivity index (χ1n) is 9.11. The molecule has 2 N–H and O–H groups in total. The first-order chi connectivity index (χ1) is 15.2. The summed E-state index contributed by atoms with van der Waals surface area (Å²) in [6.45, 7) is 0. The Morgan fingerprint density at radius 3 is 2.24 bits per heavy atom. The summed E-state index contributed by atoms with van der Waals surface area (Å²) >= 11 is 12.1. The molecule has 1 aromatic carbocycles. The molecular weight excluding hydrogens is 539 g/mol. The number of aromatic hydroxyl groups is 1. The molecular formula is C21H15Cl4F3N4O2. The van der Waals surface area contributed by atoms with E-state index in [2.05, 4.69) is 15.3 Å². The van der Waals surface area contributed by atoms with E-state index >= 15 is 0 Å². The summed E-state index contributed by atoms with van der Waals surface area (Å²) in [6, 6.07) is 10.7. The van der Waals surface area contributed by atoms with Gasteiger partial charge in [-0.1, -0.05) is 29.3 Å². The molecule has 13 heteroatoms. The number of halogens is 7. The van der Waals surface area contributed by atoms with Crippen molar-refractivity contribution in [3.63, 3.8) is 0 Å². The van der Waals surface area contributed by atoms with Crippen molar-refractivity contribution in [1.82, 2.24) is 14.4 Å². The Bertz CT molecular complexity index is 1310. The van der Waals surface area contributed by atoms with E-state index < -0.39 is 23.7 Å². The molecule has 3 heterocycles. The highest BCUT2D eigenvalue weighted by Gasteiger charge is 2.39. The number of alkyl halides is 3. The minimum atomic E-state index is -4.91. The molecule has 4 rings (SSSR count). The molecule has 180 valence electrons. The van der Waals surface area contributed by atoms with Gasteiger partial charge in [-0.3, -0.25) is 14.2 Å². The van der Waals surface area contributed by atoms with Crippen LogP contribution < -0.4 is 5.32 Å². The van der Waals surface area contributed by atoms with Gasteiger partial charge in [0.25, 0.3) is 5.91 Å². The Morgan fingerprint density at radius 1 is 1.03 bits per heavy atom.